The molecule has 0 aromatic rings. The standard InChI is InChI=1S/C70H120O6/c1-4-7-10-13-16-19-22-25-28-31-33-35-37-39-42-45-48-51-54-57-60-63-69(72)75-66-67(65-74-68(71)62-59-56-53-50-47-44-41-38-30-27-24-21-18-15-12-9-6-3)76-70(73)64-61-58-55-52-49-46-43-40-36-34-32-29-26-23-20-17-14-11-8-5-2/h7,9-10,12,16,18-19,21,25,27-28,30,33,35,39,42,67H,4-6,8,11,13-15,17,20,22-24,26,29,31-32,34,36-38,40-41,43-66H2,1-3H3/b10-7-,12-9-,19-16-,21-18-,28-25-,30-27-,35-33-,42-39-. The van der Waals surface area contributed by atoms with E-state index in [1.807, 2.05) is 0 Å². The van der Waals surface area contributed by atoms with E-state index < -0.39 is 6.10 Å². The number of rotatable bonds is 58. The highest BCUT2D eigenvalue weighted by Gasteiger charge is 2.19. The molecule has 0 bridgehead atoms. The Balaban J connectivity index is 4.41. The van der Waals surface area contributed by atoms with Crippen LogP contribution in [-0.4, -0.2) is 37.2 Å². The number of allylic oxidation sites excluding steroid dienone is 16. The Morgan fingerprint density at radius 1 is 0.276 bits per heavy atom. The van der Waals surface area contributed by atoms with Gasteiger partial charge in [-0.05, 0) is 96.3 Å². The van der Waals surface area contributed by atoms with Crippen molar-refractivity contribution in [2.45, 2.75) is 316 Å². The Bertz CT molecular complexity index is 1490. The van der Waals surface area contributed by atoms with Gasteiger partial charge in [-0.3, -0.25) is 14.4 Å². The molecule has 1 atom stereocenters. The van der Waals surface area contributed by atoms with Gasteiger partial charge in [-0.1, -0.05) is 291 Å². The second-order valence-electron chi connectivity index (χ2n) is 21.3. The van der Waals surface area contributed by atoms with Gasteiger partial charge in [-0.2, -0.15) is 0 Å². The molecule has 6 nitrogen and oxygen atoms in total. The van der Waals surface area contributed by atoms with E-state index in [0.29, 0.717) is 19.3 Å². The van der Waals surface area contributed by atoms with Crippen LogP contribution in [0.25, 0.3) is 0 Å². The highest BCUT2D eigenvalue weighted by Crippen LogP contribution is 2.17. The maximum atomic E-state index is 12.9. The lowest BCUT2D eigenvalue weighted by atomic mass is 10.0. The van der Waals surface area contributed by atoms with Crippen molar-refractivity contribution in [3.05, 3.63) is 97.2 Å². The largest absolute Gasteiger partial charge is 0.462 e. The zero-order valence-corrected chi connectivity index (χ0v) is 50.0. The van der Waals surface area contributed by atoms with Crippen LogP contribution in [-0.2, 0) is 28.6 Å². The molecule has 0 fully saturated rings. The molecule has 0 N–H and O–H groups in total. The van der Waals surface area contributed by atoms with Crippen molar-refractivity contribution in [3.63, 3.8) is 0 Å². The summed E-state index contributed by atoms with van der Waals surface area (Å²) in [5.74, 6) is -0.902. The lowest BCUT2D eigenvalue weighted by Gasteiger charge is -2.18. The third kappa shape index (κ3) is 61.2. The minimum atomic E-state index is -0.791. The Morgan fingerprint density at radius 3 is 0.803 bits per heavy atom. The first-order valence-electron chi connectivity index (χ1n) is 32.2. The van der Waals surface area contributed by atoms with Crippen LogP contribution >= 0.6 is 0 Å². The van der Waals surface area contributed by atoms with Gasteiger partial charge in [0.1, 0.15) is 13.2 Å². The van der Waals surface area contributed by atoms with Gasteiger partial charge in [0.25, 0.3) is 0 Å². The van der Waals surface area contributed by atoms with E-state index in [0.717, 1.165) is 135 Å². The van der Waals surface area contributed by atoms with Gasteiger partial charge in [0.05, 0.1) is 0 Å². The van der Waals surface area contributed by atoms with Gasteiger partial charge >= 0.3 is 17.9 Å². The molecular weight excluding hydrogens is 937 g/mol. The second-order valence-corrected chi connectivity index (χ2v) is 21.3. The lowest BCUT2D eigenvalue weighted by Crippen LogP contribution is -2.30. The molecule has 0 aliphatic heterocycles. The predicted octanol–water partition coefficient (Wildman–Crippen LogP) is 22.0. The van der Waals surface area contributed by atoms with Gasteiger partial charge in [0, 0.05) is 19.3 Å². The van der Waals surface area contributed by atoms with Gasteiger partial charge in [0.2, 0.25) is 0 Å². The van der Waals surface area contributed by atoms with Crippen LogP contribution in [0.15, 0.2) is 97.2 Å². The Hall–Kier alpha value is -3.67. The van der Waals surface area contributed by atoms with Crippen LogP contribution in [0.4, 0.5) is 0 Å². The van der Waals surface area contributed by atoms with Crippen molar-refractivity contribution >= 4 is 17.9 Å². The summed E-state index contributed by atoms with van der Waals surface area (Å²) in [6.45, 7) is 6.43. The third-order valence-corrected chi connectivity index (χ3v) is 13.8. The number of ether oxygens (including phenoxy) is 3. The molecule has 0 aliphatic rings. The summed E-state index contributed by atoms with van der Waals surface area (Å²) in [6, 6.07) is 0. The van der Waals surface area contributed by atoms with Crippen LogP contribution in [0.3, 0.4) is 0 Å². The van der Waals surface area contributed by atoms with Crippen molar-refractivity contribution in [2.75, 3.05) is 13.2 Å². The van der Waals surface area contributed by atoms with Crippen LogP contribution in [0.5, 0.6) is 0 Å². The Labute approximate surface area is 470 Å². The zero-order valence-electron chi connectivity index (χ0n) is 50.0. The van der Waals surface area contributed by atoms with E-state index in [9.17, 15) is 14.4 Å². The van der Waals surface area contributed by atoms with Crippen LogP contribution in [0.2, 0.25) is 0 Å². The van der Waals surface area contributed by atoms with E-state index in [-0.39, 0.29) is 31.1 Å². The molecule has 0 aromatic carbocycles. The first-order chi connectivity index (χ1) is 37.5. The van der Waals surface area contributed by atoms with E-state index in [1.165, 1.54) is 135 Å². The lowest BCUT2D eigenvalue weighted by molar-refractivity contribution is -0.167. The summed E-state index contributed by atoms with van der Waals surface area (Å²) in [5, 5.41) is 0. The average molecular weight is 1060 g/mol. The molecule has 1 unspecified atom stereocenters. The molecular formula is C70H120O6. The number of carbonyl (C=O) groups is 3. The Kier molecular flexibility index (Phi) is 60.8. The van der Waals surface area contributed by atoms with Crippen molar-refractivity contribution in [1.82, 2.24) is 0 Å². The molecule has 0 aliphatic carbocycles. The predicted molar refractivity (Wildman–Crippen MR) is 330 cm³/mol. The number of esters is 3. The van der Waals surface area contributed by atoms with Crippen molar-refractivity contribution in [1.29, 1.82) is 0 Å². The molecule has 436 valence electrons. The van der Waals surface area contributed by atoms with Crippen LogP contribution in [0.1, 0.15) is 310 Å². The van der Waals surface area contributed by atoms with Crippen LogP contribution < -0.4 is 0 Å². The number of unbranched alkanes of at least 4 members (excludes halogenated alkanes) is 31. The van der Waals surface area contributed by atoms with Gasteiger partial charge in [0.15, 0.2) is 6.10 Å². The topological polar surface area (TPSA) is 78.9 Å². The normalized spacial score (nSPS) is 12.7. The zero-order chi connectivity index (χ0) is 55.0. The van der Waals surface area contributed by atoms with Gasteiger partial charge in [-0.25, -0.2) is 0 Å². The summed E-state index contributed by atoms with van der Waals surface area (Å²) >= 11 is 0. The molecule has 0 rings (SSSR count). The molecule has 0 heterocycles. The number of carbonyl (C=O) groups excluding carboxylic acids is 3. The van der Waals surface area contributed by atoms with E-state index in [1.54, 1.807) is 0 Å². The van der Waals surface area contributed by atoms with Gasteiger partial charge < -0.3 is 14.2 Å². The highest BCUT2D eigenvalue weighted by atomic mass is 16.6. The summed E-state index contributed by atoms with van der Waals surface area (Å²) in [7, 11) is 0. The summed E-state index contributed by atoms with van der Waals surface area (Å²) < 4.78 is 16.9. The molecule has 0 saturated heterocycles. The second kappa shape index (κ2) is 63.9. The van der Waals surface area contributed by atoms with Crippen molar-refractivity contribution in [3.8, 4) is 0 Å². The highest BCUT2D eigenvalue weighted by molar-refractivity contribution is 5.71. The molecule has 0 saturated carbocycles. The average Bonchev–Trinajstić information content (AvgIpc) is 3.42. The molecule has 6 heteroatoms. The Morgan fingerprint density at radius 2 is 0.513 bits per heavy atom. The maximum Gasteiger partial charge on any atom is 0.306 e. The molecule has 0 spiro atoms. The van der Waals surface area contributed by atoms with Crippen molar-refractivity contribution < 1.29 is 28.6 Å². The van der Waals surface area contributed by atoms with Crippen LogP contribution in [0, 0.1) is 0 Å². The molecule has 0 amide bonds. The smallest absolute Gasteiger partial charge is 0.306 e. The molecule has 0 radical (unpaired) electrons. The SMILES string of the molecule is CC/C=C\C/C=C\C/C=C\C/C=C\C/C=C\CCCCCCCC(=O)OCC(COC(=O)CCCCCCCCC/C=C\C/C=C\C/C=C\CC)OC(=O)CCCCCCCCCCCCCCCCCCCCCC. The first-order valence-corrected chi connectivity index (χ1v) is 32.2. The summed E-state index contributed by atoms with van der Waals surface area (Å²) in [6.07, 6.45) is 85.5. The quantitative estimate of drug-likeness (QED) is 0.0261. The number of hydrogen-bond acceptors (Lipinski definition) is 6. The maximum absolute atomic E-state index is 12.9. The third-order valence-electron chi connectivity index (χ3n) is 13.8. The first kappa shape index (κ1) is 72.3. The minimum Gasteiger partial charge on any atom is -0.462 e. The van der Waals surface area contributed by atoms with E-state index >= 15 is 0 Å². The van der Waals surface area contributed by atoms with Crippen molar-refractivity contribution in [2.24, 2.45) is 0 Å². The fraction of sp³-hybridized carbons (Fsp3) is 0.729. The minimum absolute atomic E-state index is 0.0873. The van der Waals surface area contributed by atoms with E-state index in [4.69, 9.17) is 14.2 Å². The van der Waals surface area contributed by atoms with Gasteiger partial charge in [-0.15, -0.1) is 0 Å². The fourth-order valence-electron chi connectivity index (χ4n) is 9.07. The summed E-state index contributed by atoms with van der Waals surface area (Å²) in [4.78, 5) is 38.4. The summed E-state index contributed by atoms with van der Waals surface area (Å²) in [5.41, 5.74) is 0. The fourth-order valence-corrected chi connectivity index (χ4v) is 9.07. The number of hydrogen-bond donors (Lipinski definition) is 0. The molecule has 76 heavy (non-hydrogen) atoms. The van der Waals surface area contributed by atoms with E-state index in [2.05, 4.69) is 118 Å². The molecule has 0 aromatic heterocycles. The monoisotopic (exact) mass is 1060 g/mol.